The van der Waals surface area contributed by atoms with Crippen molar-refractivity contribution in [3.63, 3.8) is 0 Å². The van der Waals surface area contributed by atoms with Crippen molar-refractivity contribution < 1.29 is 9.18 Å². The lowest BCUT2D eigenvalue weighted by molar-refractivity contribution is 0.0929. The van der Waals surface area contributed by atoms with Crippen LogP contribution in [0, 0.1) is 17.7 Å². The second-order valence-corrected chi connectivity index (χ2v) is 8.37. The fourth-order valence-electron chi connectivity index (χ4n) is 4.36. The monoisotopic (exact) mass is 378 g/mol. The number of nitrogens with zero attached hydrogens (tertiary/aromatic N) is 1. The quantitative estimate of drug-likeness (QED) is 0.582. The van der Waals surface area contributed by atoms with Crippen molar-refractivity contribution in [3.8, 4) is 5.69 Å². The largest absolute Gasteiger partial charge is 0.349 e. The first-order valence-corrected chi connectivity index (χ1v) is 10.2. The molecule has 1 saturated carbocycles. The van der Waals surface area contributed by atoms with E-state index in [-0.39, 0.29) is 17.8 Å². The van der Waals surface area contributed by atoms with E-state index in [1.807, 2.05) is 35.0 Å². The minimum atomic E-state index is -0.257. The highest BCUT2D eigenvalue weighted by Crippen LogP contribution is 2.27. The summed E-state index contributed by atoms with van der Waals surface area (Å²) in [6.07, 6.45) is 6.53. The van der Waals surface area contributed by atoms with Crippen molar-refractivity contribution in [2.75, 3.05) is 0 Å². The number of carbonyl (C=O) groups excluding carboxylic acids is 1. The van der Waals surface area contributed by atoms with Gasteiger partial charge in [-0.3, -0.25) is 4.79 Å². The van der Waals surface area contributed by atoms with E-state index >= 15 is 0 Å². The number of carbonyl (C=O) groups is 1. The first-order valence-electron chi connectivity index (χ1n) is 10.2. The van der Waals surface area contributed by atoms with Crippen LogP contribution in [0.1, 0.15) is 49.9 Å². The lowest BCUT2D eigenvalue weighted by Crippen LogP contribution is -2.36. The standard InChI is InChI=1S/C24H27FN2O/c1-16-3-4-17(2)14-21(13-16)26-24(28)19-6-5-18-11-12-27(23(18)15-19)22-9-7-20(25)8-10-22/h5-12,15-17,21H,3-4,13-14H2,1-2H3,(H,26,28)/t16-,17+,21?. The molecular formula is C24H27FN2O. The van der Waals surface area contributed by atoms with Crippen molar-refractivity contribution >= 4 is 16.8 Å². The van der Waals surface area contributed by atoms with Gasteiger partial charge in [0.15, 0.2) is 0 Å². The van der Waals surface area contributed by atoms with Gasteiger partial charge in [-0.2, -0.15) is 0 Å². The lowest BCUT2D eigenvalue weighted by Gasteiger charge is -2.20. The van der Waals surface area contributed by atoms with Gasteiger partial charge in [0.2, 0.25) is 0 Å². The van der Waals surface area contributed by atoms with E-state index in [1.165, 1.54) is 25.0 Å². The molecule has 1 heterocycles. The third kappa shape index (κ3) is 3.96. The summed E-state index contributed by atoms with van der Waals surface area (Å²) >= 11 is 0. The van der Waals surface area contributed by atoms with Gasteiger partial charge in [0.05, 0.1) is 5.52 Å². The Morgan fingerprint density at radius 1 is 1.00 bits per heavy atom. The minimum absolute atomic E-state index is 0.0138. The third-order valence-corrected chi connectivity index (χ3v) is 5.92. The summed E-state index contributed by atoms with van der Waals surface area (Å²) in [5.41, 5.74) is 2.49. The summed E-state index contributed by atoms with van der Waals surface area (Å²) < 4.78 is 15.2. The predicted octanol–water partition coefficient (Wildman–Crippen LogP) is 5.71. The molecule has 28 heavy (non-hydrogen) atoms. The molecule has 0 saturated heterocycles. The van der Waals surface area contributed by atoms with Crippen LogP contribution in [0.4, 0.5) is 4.39 Å². The number of hydrogen-bond donors (Lipinski definition) is 1. The van der Waals surface area contributed by atoms with Crippen molar-refractivity contribution in [1.29, 1.82) is 0 Å². The molecule has 1 amide bonds. The molecule has 0 aliphatic heterocycles. The molecule has 2 aromatic carbocycles. The molecule has 1 aliphatic carbocycles. The zero-order valence-corrected chi connectivity index (χ0v) is 16.5. The van der Waals surface area contributed by atoms with Crippen LogP contribution in [-0.2, 0) is 0 Å². The Labute approximate surface area is 165 Å². The van der Waals surface area contributed by atoms with Gasteiger partial charge in [-0.25, -0.2) is 4.39 Å². The van der Waals surface area contributed by atoms with Crippen molar-refractivity contribution in [3.05, 3.63) is 66.1 Å². The summed E-state index contributed by atoms with van der Waals surface area (Å²) in [6.45, 7) is 4.55. The molecule has 0 spiro atoms. The minimum Gasteiger partial charge on any atom is -0.349 e. The summed E-state index contributed by atoms with van der Waals surface area (Å²) in [4.78, 5) is 12.9. The normalized spacial score (nSPS) is 22.8. The average molecular weight is 378 g/mol. The fraction of sp³-hybridized carbons (Fsp3) is 0.375. The van der Waals surface area contributed by atoms with Gasteiger partial charge >= 0.3 is 0 Å². The number of halogens is 1. The zero-order valence-electron chi connectivity index (χ0n) is 16.5. The smallest absolute Gasteiger partial charge is 0.251 e. The van der Waals surface area contributed by atoms with Crippen LogP contribution in [0.2, 0.25) is 0 Å². The number of fused-ring (bicyclic) bond motifs is 1. The molecule has 4 rings (SSSR count). The molecule has 3 atom stereocenters. The third-order valence-electron chi connectivity index (χ3n) is 5.92. The van der Waals surface area contributed by atoms with Crippen LogP contribution < -0.4 is 5.32 Å². The average Bonchev–Trinajstić information content (AvgIpc) is 3.02. The van der Waals surface area contributed by atoms with E-state index < -0.39 is 0 Å². The van der Waals surface area contributed by atoms with E-state index in [4.69, 9.17) is 0 Å². The predicted molar refractivity (Wildman–Crippen MR) is 111 cm³/mol. The maximum atomic E-state index is 13.3. The molecule has 146 valence electrons. The maximum Gasteiger partial charge on any atom is 0.251 e. The Kier molecular flexibility index (Phi) is 5.21. The van der Waals surface area contributed by atoms with Crippen molar-refractivity contribution in [2.24, 2.45) is 11.8 Å². The number of benzene rings is 2. The van der Waals surface area contributed by atoms with Gasteiger partial charge in [0.25, 0.3) is 5.91 Å². The lowest BCUT2D eigenvalue weighted by atomic mass is 9.99. The van der Waals surface area contributed by atoms with E-state index in [0.717, 1.165) is 29.4 Å². The highest BCUT2D eigenvalue weighted by molar-refractivity contribution is 5.98. The van der Waals surface area contributed by atoms with Crippen LogP contribution in [0.25, 0.3) is 16.6 Å². The van der Waals surface area contributed by atoms with Crippen LogP contribution in [0.5, 0.6) is 0 Å². The highest BCUT2D eigenvalue weighted by Gasteiger charge is 2.23. The first kappa shape index (κ1) is 18.7. The Morgan fingerprint density at radius 2 is 1.68 bits per heavy atom. The molecule has 1 aliphatic rings. The first-order chi connectivity index (χ1) is 13.5. The molecule has 1 fully saturated rings. The Morgan fingerprint density at radius 3 is 2.36 bits per heavy atom. The SMILES string of the molecule is C[C@@H]1CC[C@H](C)CC(NC(=O)c2ccc3ccn(-c4ccc(F)cc4)c3c2)C1. The molecule has 3 nitrogen and oxygen atoms in total. The molecule has 4 heteroatoms. The summed E-state index contributed by atoms with van der Waals surface area (Å²) in [7, 11) is 0. The van der Waals surface area contributed by atoms with Crippen LogP contribution in [-0.4, -0.2) is 16.5 Å². The maximum absolute atomic E-state index is 13.3. The molecule has 3 aromatic rings. The van der Waals surface area contributed by atoms with Gasteiger partial charge < -0.3 is 9.88 Å². The number of aromatic nitrogens is 1. The second kappa shape index (κ2) is 7.78. The van der Waals surface area contributed by atoms with Crippen LogP contribution >= 0.6 is 0 Å². The van der Waals surface area contributed by atoms with E-state index in [0.29, 0.717) is 17.4 Å². The van der Waals surface area contributed by atoms with Gasteiger partial charge in [-0.1, -0.05) is 32.8 Å². The molecule has 1 N–H and O–H groups in total. The Hall–Kier alpha value is -2.62. The highest BCUT2D eigenvalue weighted by atomic mass is 19.1. The summed E-state index contributed by atoms with van der Waals surface area (Å²) in [5.74, 6) is 1.02. The molecule has 1 aromatic heterocycles. The Balaban J connectivity index is 1.59. The van der Waals surface area contributed by atoms with Crippen LogP contribution in [0.3, 0.4) is 0 Å². The Bertz CT molecular complexity index is 964. The van der Waals surface area contributed by atoms with Gasteiger partial charge in [-0.05, 0) is 72.5 Å². The molecule has 1 unspecified atom stereocenters. The van der Waals surface area contributed by atoms with Crippen LogP contribution in [0.15, 0.2) is 54.7 Å². The fourth-order valence-corrected chi connectivity index (χ4v) is 4.36. The molecule has 0 bridgehead atoms. The van der Waals surface area contributed by atoms with Gasteiger partial charge in [0.1, 0.15) is 5.82 Å². The van der Waals surface area contributed by atoms with Gasteiger partial charge in [0, 0.05) is 23.5 Å². The van der Waals surface area contributed by atoms with E-state index in [1.54, 1.807) is 12.1 Å². The topological polar surface area (TPSA) is 34.0 Å². The zero-order chi connectivity index (χ0) is 19.7. The van der Waals surface area contributed by atoms with Gasteiger partial charge in [-0.15, -0.1) is 0 Å². The van der Waals surface area contributed by atoms with Crippen molar-refractivity contribution in [2.45, 2.75) is 45.6 Å². The second-order valence-electron chi connectivity index (χ2n) is 8.37. The number of amides is 1. The molecular weight excluding hydrogens is 351 g/mol. The van der Waals surface area contributed by atoms with Crippen molar-refractivity contribution in [1.82, 2.24) is 9.88 Å². The van der Waals surface area contributed by atoms with E-state index in [2.05, 4.69) is 19.2 Å². The summed E-state index contributed by atoms with van der Waals surface area (Å²) in [6, 6.07) is 14.4. The number of hydrogen-bond acceptors (Lipinski definition) is 1. The van der Waals surface area contributed by atoms with E-state index in [9.17, 15) is 9.18 Å². The summed E-state index contributed by atoms with van der Waals surface area (Å²) in [5, 5.41) is 4.32. The molecule has 0 radical (unpaired) electrons. The number of rotatable bonds is 3. The number of nitrogens with one attached hydrogen (secondary N) is 1.